The van der Waals surface area contributed by atoms with Gasteiger partial charge in [0.2, 0.25) is 0 Å². The Morgan fingerprint density at radius 1 is 0.591 bits per heavy atom. The summed E-state index contributed by atoms with van der Waals surface area (Å²) in [6, 6.07) is 22.1. The summed E-state index contributed by atoms with van der Waals surface area (Å²) in [4.78, 5) is 0. The van der Waals surface area contributed by atoms with Crippen molar-refractivity contribution in [2.24, 2.45) is 0 Å². The molecule has 0 saturated carbocycles. The number of hydrogen-bond donors (Lipinski definition) is 1. The highest BCUT2D eigenvalue weighted by atomic mass is 19.4. The molecule has 1 N–H and O–H groups in total. The van der Waals surface area contributed by atoms with Gasteiger partial charge in [-0.05, 0) is 52.9 Å². The van der Waals surface area contributed by atoms with E-state index < -0.39 is 29.2 Å². The Balaban J connectivity index is 0.000000339. The highest BCUT2D eigenvalue weighted by Gasteiger charge is 2.35. The maximum atomic E-state index is 13.8. The van der Waals surface area contributed by atoms with E-state index in [1.165, 1.54) is 55.9 Å². The predicted molar refractivity (Wildman–Crippen MR) is 162 cm³/mol. The lowest BCUT2D eigenvalue weighted by Crippen LogP contribution is -2.08. The summed E-state index contributed by atoms with van der Waals surface area (Å²) in [5.74, 6) is -0.133. The lowest BCUT2D eigenvalue weighted by Gasteiger charge is -2.19. The lowest BCUT2D eigenvalue weighted by molar-refractivity contribution is -0.139. The zero-order valence-electron chi connectivity index (χ0n) is 24.6. The first-order chi connectivity index (χ1) is 21.0. The van der Waals surface area contributed by atoms with Gasteiger partial charge in [0.25, 0.3) is 0 Å². The molecule has 0 fully saturated rings. The first-order valence-electron chi connectivity index (χ1n) is 14.9. The van der Waals surface area contributed by atoms with E-state index in [4.69, 9.17) is 9.84 Å². The summed E-state index contributed by atoms with van der Waals surface area (Å²) in [5, 5.41) is 8.73. The molecule has 44 heavy (non-hydrogen) atoms. The highest BCUT2D eigenvalue weighted by Crippen LogP contribution is 2.48. The van der Waals surface area contributed by atoms with Crippen LogP contribution >= 0.6 is 0 Å². The van der Waals surface area contributed by atoms with Crippen LogP contribution in [0.5, 0.6) is 11.5 Å². The van der Waals surface area contributed by atoms with Crippen molar-refractivity contribution in [2.45, 2.75) is 70.6 Å². The third kappa shape index (κ3) is 8.16. The van der Waals surface area contributed by atoms with Gasteiger partial charge in [-0.3, -0.25) is 0 Å². The molecule has 0 saturated heterocycles. The third-order valence-electron chi connectivity index (χ3n) is 7.66. The first-order valence-corrected chi connectivity index (χ1v) is 14.9. The smallest absolute Gasteiger partial charge is 0.419 e. The summed E-state index contributed by atoms with van der Waals surface area (Å²) in [6.07, 6.45) is -0.0577. The standard InChI is InChI=1S/C29H31F3O.C7H5F3O/c1-2-3-4-5-6-7-12-19-33-28-25(24-15-10-11-16-27(24)29(30,31)32)18-17-23-22-14-9-8-13-21(22)20-26(23)28;8-7(9,10)5-3-1-2-4-6(5)11/h8-11,13-18H,2-7,12,19-20H2,1H3;1-4,11H. The number of fused-ring (bicyclic) bond motifs is 3. The zero-order valence-corrected chi connectivity index (χ0v) is 24.6. The van der Waals surface area contributed by atoms with E-state index in [0.717, 1.165) is 47.7 Å². The minimum atomic E-state index is -4.47. The number of phenolic OH excluding ortho intramolecular Hbond substituents is 1. The summed E-state index contributed by atoms with van der Waals surface area (Å²) in [7, 11) is 0. The van der Waals surface area contributed by atoms with Crippen molar-refractivity contribution in [3.05, 3.63) is 107 Å². The second-order valence-electron chi connectivity index (χ2n) is 10.8. The van der Waals surface area contributed by atoms with Crippen molar-refractivity contribution in [3.63, 3.8) is 0 Å². The number of para-hydroxylation sites is 1. The average Bonchev–Trinajstić information content (AvgIpc) is 3.37. The molecule has 0 unspecified atom stereocenters. The van der Waals surface area contributed by atoms with E-state index in [2.05, 4.69) is 19.1 Å². The fourth-order valence-corrected chi connectivity index (χ4v) is 5.47. The summed E-state index contributed by atoms with van der Waals surface area (Å²) >= 11 is 0. The van der Waals surface area contributed by atoms with Crippen molar-refractivity contribution < 1.29 is 36.2 Å². The topological polar surface area (TPSA) is 29.5 Å². The predicted octanol–water partition coefficient (Wildman–Crippen LogP) is 11.5. The van der Waals surface area contributed by atoms with Crippen LogP contribution in [0.1, 0.15) is 74.1 Å². The molecule has 4 aromatic carbocycles. The highest BCUT2D eigenvalue weighted by molar-refractivity contribution is 5.86. The maximum Gasteiger partial charge on any atom is 0.419 e. The second kappa shape index (κ2) is 14.7. The average molecular weight is 615 g/mol. The van der Waals surface area contributed by atoms with Crippen molar-refractivity contribution in [1.29, 1.82) is 0 Å². The Labute approximate surface area is 254 Å². The molecule has 234 valence electrons. The van der Waals surface area contributed by atoms with Crippen molar-refractivity contribution in [1.82, 2.24) is 0 Å². The normalized spacial score (nSPS) is 12.2. The van der Waals surface area contributed by atoms with Gasteiger partial charge < -0.3 is 9.84 Å². The fraction of sp³-hybridized carbons (Fsp3) is 0.333. The molecule has 0 aliphatic heterocycles. The molecule has 0 amide bonds. The second-order valence-corrected chi connectivity index (χ2v) is 10.8. The number of rotatable bonds is 10. The minimum Gasteiger partial charge on any atom is -0.507 e. The van der Waals surface area contributed by atoms with Gasteiger partial charge in [-0.15, -0.1) is 0 Å². The molecule has 0 bridgehead atoms. The number of unbranched alkanes of at least 4 members (excludes halogenated alkanes) is 6. The molecule has 0 aromatic heterocycles. The Morgan fingerprint density at radius 2 is 1.14 bits per heavy atom. The van der Waals surface area contributed by atoms with Gasteiger partial charge in [-0.25, -0.2) is 0 Å². The SMILES string of the molecule is CCCCCCCCCOc1c(-c2ccccc2C(F)(F)F)ccc2c1Cc1ccccc1-2.Oc1ccccc1C(F)(F)F. The van der Waals surface area contributed by atoms with Crippen LogP contribution < -0.4 is 4.74 Å². The van der Waals surface area contributed by atoms with E-state index in [1.54, 1.807) is 18.2 Å². The van der Waals surface area contributed by atoms with Crippen molar-refractivity contribution in [3.8, 4) is 33.8 Å². The molecular weight excluding hydrogens is 578 g/mol. The summed E-state index contributed by atoms with van der Waals surface area (Å²) in [5.41, 5.74) is 3.47. The largest absolute Gasteiger partial charge is 0.507 e. The van der Waals surface area contributed by atoms with E-state index in [9.17, 15) is 26.3 Å². The lowest BCUT2D eigenvalue weighted by atomic mass is 9.94. The van der Waals surface area contributed by atoms with E-state index in [1.807, 2.05) is 18.2 Å². The third-order valence-corrected chi connectivity index (χ3v) is 7.66. The Morgan fingerprint density at radius 3 is 1.77 bits per heavy atom. The van der Waals surface area contributed by atoms with E-state index in [-0.39, 0.29) is 5.56 Å². The van der Waals surface area contributed by atoms with Crippen LogP contribution in [0.15, 0.2) is 84.9 Å². The van der Waals surface area contributed by atoms with Crippen LogP contribution in [0, 0.1) is 0 Å². The van der Waals surface area contributed by atoms with E-state index >= 15 is 0 Å². The van der Waals surface area contributed by atoms with Crippen LogP contribution in [0.25, 0.3) is 22.3 Å². The summed E-state index contributed by atoms with van der Waals surface area (Å²) in [6.45, 7) is 2.72. The quantitative estimate of drug-likeness (QED) is 0.125. The van der Waals surface area contributed by atoms with Crippen molar-refractivity contribution >= 4 is 0 Å². The van der Waals surface area contributed by atoms with Gasteiger partial charge in [-0.2, -0.15) is 26.3 Å². The molecular formula is C36H36F6O2. The molecule has 2 nitrogen and oxygen atoms in total. The molecule has 1 aliphatic carbocycles. The fourth-order valence-electron chi connectivity index (χ4n) is 5.47. The van der Waals surface area contributed by atoms with Crippen molar-refractivity contribution in [2.75, 3.05) is 6.61 Å². The molecule has 4 aromatic rings. The number of hydrogen-bond acceptors (Lipinski definition) is 2. The number of benzene rings is 4. The monoisotopic (exact) mass is 614 g/mol. The molecule has 0 atom stereocenters. The molecule has 0 radical (unpaired) electrons. The minimum absolute atomic E-state index is 0.179. The van der Waals surface area contributed by atoms with E-state index in [0.29, 0.717) is 24.3 Å². The molecule has 1 aliphatic rings. The Kier molecular flexibility index (Phi) is 11.0. The van der Waals surface area contributed by atoms with Crippen LogP contribution in [-0.4, -0.2) is 11.7 Å². The maximum absolute atomic E-state index is 13.8. The van der Waals surface area contributed by atoms with Crippen LogP contribution in [0.2, 0.25) is 0 Å². The molecule has 8 heteroatoms. The molecule has 0 spiro atoms. The zero-order chi connectivity index (χ0) is 31.7. The first kappa shape index (κ1) is 33.0. The summed E-state index contributed by atoms with van der Waals surface area (Å²) < 4.78 is 83.3. The van der Waals surface area contributed by atoms with Gasteiger partial charge in [0.05, 0.1) is 17.7 Å². The van der Waals surface area contributed by atoms with Crippen LogP contribution in [0.4, 0.5) is 26.3 Å². The van der Waals surface area contributed by atoms with Gasteiger partial charge in [0, 0.05) is 17.5 Å². The van der Waals surface area contributed by atoms with Gasteiger partial charge in [0.1, 0.15) is 11.5 Å². The molecule has 0 heterocycles. The number of ether oxygens (including phenoxy) is 1. The molecule has 5 rings (SSSR count). The number of aromatic hydroxyl groups is 1. The van der Waals surface area contributed by atoms with Crippen LogP contribution in [-0.2, 0) is 18.8 Å². The number of alkyl halides is 6. The Hall–Kier alpha value is -3.94. The Bertz CT molecular complexity index is 1520. The van der Waals surface area contributed by atoms with Gasteiger partial charge in [0.15, 0.2) is 0 Å². The van der Waals surface area contributed by atoms with Gasteiger partial charge in [-0.1, -0.05) is 106 Å². The number of phenols is 1. The number of halogens is 6. The van der Waals surface area contributed by atoms with Crippen LogP contribution in [0.3, 0.4) is 0 Å². The van der Waals surface area contributed by atoms with Gasteiger partial charge >= 0.3 is 12.4 Å².